The van der Waals surface area contributed by atoms with E-state index in [2.05, 4.69) is 229 Å². The molecule has 0 saturated carbocycles. The fourth-order valence-electron chi connectivity index (χ4n) is 9.67. The van der Waals surface area contributed by atoms with E-state index in [0.29, 0.717) is 17.5 Å². The lowest BCUT2D eigenvalue weighted by molar-refractivity contribution is 0.669. The van der Waals surface area contributed by atoms with Crippen LogP contribution in [-0.2, 0) is 0 Å². The molecule has 0 N–H and O–H groups in total. The molecule has 0 radical (unpaired) electrons. The van der Waals surface area contributed by atoms with Crippen LogP contribution < -0.4 is 0 Å². The molecule has 13 aromatic rings. The molecule has 0 atom stereocenters. The van der Waals surface area contributed by atoms with Crippen LogP contribution in [0.25, 0.3) is 128 Å². The molecule has 68 heavy (non-hydrogen) atoms. The molecular formula is C63H40N4O. The summed E-state index contributed by atoms with van der Waals surface area (Å²) in [6.07, 6.45) is 0. The van der Waals surface area contributed by atoms with Crippen molar-refractivity contribution < 1.29 is 4.42 Å². The topological polar surface area (TPSA) is 56.7 Å². The van der Waals surface area contributed by atoms with Crippen molar-refractivity contribution in [2.45, 2.75) is 0 Å². The van der Waals surface area contributed by atoms with E-state index in [1.165, 1.54) is 22.1 Å². The van der Waals surface area contributed by atoms with Crippen molar-refractivity contribution in [1.29, 1.82) is 0 Å². The van der Waals surface area contributed by atoms with E-state index in [-0.39, 0.29) is 0 Å². The lowest BCUT2D eigenvalue weighted by Crippen LogP contribution is -2.00. The van der Waals surface area contributed by atoms with E-state index in [0.717, 1.165) is 88.6 Å². The largest absolute Gasteiger partial charge is 0.456 e. The van der Waals surface area contributed by atoms with Crippen molar-refractivity contribution >= 4 is 43.7 Å². The molecule has 0 aliphatic heterocycles. The second kappa shape index (κ2) is 16.4. The Labute approximate surface area is 392 Å². The van der Waals surface area contributed by atoms with Gasteiger partial charge in [-0.1, -0.05) is 182 Å². The summed E-state index contributed by atoms with van der Waals surface area (Å²) < 4.78 is 9.05. The number of fused-ring (bicyclic) bond motifs is 6. The molecule has 0 amide bonds. The van der Waals surface area contributed by atoms with Crippen molar-refractivity contribution in [2.24, 2.45) is 0 Å². The minimum atomic E-state index is 0.584. The van der Waals surface area contributed by atoms with Gasteiger partial charge in [0, 0.05) is 43.9 Å². The summed E-state index contributed by atoms with van der Waals surface area (Å²) in [6.45, 7) is 0. The number of hydrogen-bond donors (Lipinski definition) is 0. The van der Waals surface area contributed by atoms with Crippen LogP contribution in [0.1, 0.15) is 0 Å². The molecule has 0 fully saturated rings. The standard InChI is InChI=1S/C63H40N4O/c1-4-15-41(16-5-1)44-29-31-45(32-30-44)48-23-14-26-52(37-48)67-57-28-11-10-27-53(57)54-40-60-56(39-58(54)67)55-38-51(33-34-59(55)68-60)63-65-61(49-24-12-21-46(35-49)42-17-6-2-7-18-42)64-62(66-63)50-25-13-22-47(36-50)43-19-8-3-9-20-43/h1-40H. The smallest absolute Gasteiger partial charge is 0.164 e. The molecule has 0 bridgehead atoms. The van der Waals surface area contributed by atoms with Crippen LogP contribution in [0.15, 0.2) is 247 Å². The van der Waals surface area contributed by atoms with Gasteiger partial charge in [0.05, 0.1) is 11.0 Å². The number of benzene rings is 10. The highest BCUT2D eigenvalue weighted by atomic mass is 16.3. The lowest BCUT2D eigenvalue weighted by Gasteiger charge is -2.11. The van der Waals surface area contributed by atoms with Crippen LogP contribution in [0.2, 0.25) is 0 Å². The molecule has 0 spiro atoms. The maximum absolute atomic E-state index is 6.67. The summed E-state index contributed by atoms with van der Waals surface area (Å²) in [5, 5.41) is 4.31. The normalized spacial score (nSPS) is 11.5. The summed E-state index contributed by atoms with van der Waals surface area (Å²) >= 11 is 0. The third-order valence-corrected chi connectivity index (χ3v) is 13.0. The van der Waals surface area contributed by atoms with Gasteiger partial charge in [-0.25, -0.2) is 15.0 Å². The van der Waals surface area contributed by atoms with Crippen molar-refractivity contribution in [3.63, 3.8) is 0 Å². The van der Waals surface area contributed by atoms with Crippen LogP contribution in [-0.4, -0.2) is 19.5 Å². The summed E-state index contributed by atoms with van der Waals surface area (Å²) in [5.74, 6) is 1.79. The van der Waals surface area contributed by atoms with Gasteiger partial charge in [-0.3, -0.25) is 0 Å². The Bertz CT molecular complexity index is 3900. The number of rotatable bonds is 8. The highest BCUT2D eigenvalue weighted by Gasteiger charge is 2.19. The van der Waals surface area contributed by atoms with Gasteiger partial charge < -0.3 is 8.98 Å². The summed E-state index contributed by atoms with van der Waals surface area (Å²) in [4.78, 5) is 15.6. The average Bonchev–Trinajstić information content (AvgIpc) is 3.95. The fourth-order valence-corrected chi connectivity index (χ4v) is 9.67. The van der Waals surface area contributed by atoms with Gasteiger partial charge >= 0.3 is 0 Å². The van der Waals surface area contributed by atoms with E-state index in [4.69, 9.17) is 19.4 Å². The molecule has 0 unspecified atom stereocenters. The first kappa shape index (κ1) is 39.2. The van der Waals surface area contributed by atoms with Gasteiger partial charge in [0.2, 0.25) is 0 Å². The predicted octanol–water partition coefficient (Wildman–Crippen LogP) is 16.5. The second-order valence-corrected chi connectivity index (χ2v) is 17.2. The van der Waals surface area contributed by atoms with Crippen molar-refractivity contribution in [1.82, 2.24) is 19.5 Å². The number of para-hydroxylation sites is 1. The zero-order valence-corrected chi connectivity index (χ0v) is 36.8. The van der Waals surface area contributed by atoms with E-state index >= 15 is 0 Å². The molecular weight excluding hydrogens is 829 g/mol. The van der Waals surface area contributed by atoms with Crippen LogP contribution in [0.4, 0.5) is 0 Å². The van der Waals surface area contributed by atoms with Gasteiger partial charge in [0.1, 0.15) is 11.2 Å². The van der Waals surface area contributed by atoms with Gasteiger partial charge in [-0.05, 0) is 105 Å². The maximum atomic E-state index is 6.67. The van der Waals surface area contributed by atoms with Crippen LogP contribution >= 0.6 is 0 Å². The van der Waals surface area contributed by atoms with Gasteiger partial charge in [0.25, 0.3) is 0 Å². The molecule has 10 aromatic carbocycles. The van der Waals surface area contributed by atoms with E-state index in [9.17, 15) is 0 Å². The molecule has 5 nitrogen and oxygen atoms in total. The first-order valence-corrected chi connectivity index (χ1v) is 22.9. The Morgan fingerprint density at radius 2 is 0.676 bits per heavy atom. The Kier molecular flexibility index (Phi) is 9.43. The van der Waals surface area contributed by atoms with Crippen molar-refractivity contribution in [2.75, 3.05) is 0 Å². The molecule has 0 saturated heterocycles. The zero-order valence-electron chi connectivity index (χ0n) is 36.8. The SMILES string of the molecule is c1ccc(-c2ccc(-c3cccc(-n4c5ccccc5c5cc6oc7ccc(-c8nc(-c9cccc(-c%10ccccc%10)c9)nc(-c9cccc(-c%10ccccc%10)c9)n8)cc7c6cc54)c3)cc2)cc1. The molecule has 3 aromatic heterocycles. The van der Waals surface area contributed by atoms with Crippen LogP contribution in [0.3, 0.4) is 0 Å². The van der Waals surface area contributed by atoms with E-state index in [1.807, 2.05) is 18.2 Å². The minimum Gasteiger partial charge on any atom is -0.456 e. The van der Waals surface area contributed by atoms with Crippen molar-refractivity contribution in [3.05, 3.63) is 243 Å². The predicted molar refractivity (Wildman–Crippen MR) is 279 cm³/mol. The van der Waals surface area contributed by atoms with Crippen LogP contribution in [0, 0.1) is 0 Å². The maximum Gasteiger partial charge on any atom is 0.164 e. The molecule has 318 valence electrons. The van der Waals surface area contributed by atoms with Gasteiger partial charge in [-0.2, -0.15) is 0 Å². The van der Waals surface area contributed by atoms with E-state index < -0.39 is 0 Å². The lowest BCUT2D eigenvalue weighted by atomic mass is 10.00. The highest BCUT2D eigenvalue weighted by Crippen LogP contribution is 2.40. The number of nitrogens with zero attached hydrogens (tertiary/aromatic N) is 4. The molecule has 0 aliphatic carbocycles. The van der Waals surface area contributed by atoms with Gasteiger partial charge in [-0.15, -0.1) is 0 Å². The van der Waals surface area contributed by atoms with E-state index in [1.54, 1.807) is 0 Å². The molecule has 13 rings (SSSR count). The minimum absolute atomic E-state index is 0.584. The Balaban J connectivity index is 0.951. The molecule has 0 aliphatic rings. The first-order chi connectivity index (χ1) is 33.7. The number of furan rings is 1. The van der Waals surface area contributed by atoms with Gasteiger partial charge in [0.15, 0.2) is 17.5 Å². The fraction of sp³-hybridized carbons (Fsp3) is 0. The summed E-state index contributed by atoms with van der Waals surface area (Å²) in [5.41, 5.74) is 16.8. The Morgan fingerprint density at radius 3 is 1.28 bits per heavy atom. The summed E-state index contributed by atoms with van der Waals surface area (Å²) in [7, 11) is 0. The monoisotopic (exact) mass is 868 g/mol. The zero-order chi connectivity index (χ0) is 45.0. The quantitative estimate of drug-likeness (QED) is 0.153. The van der Waals surface area contributed by atoms with Crippen LogP contribution in [0.5, 0.6) is 0 Å². The average molecular weight is 869 g/mol. The molecule has 5 heteroatoms. The first-order valence-electron chi connectivity index (χ1n) is 22.9. The second-order valence-electron chi connectivity index (χ2n) is 17.2. The Morgan fingerprint density at radius 1 is 0.250 bits per heavy atom. The molecule has 3 heterocycles. The number of hydrogen-bond acceptors (Lipinski definition) is 4. The Hall–Kier alpha value is -9.19. The summed E-state index contributed by atoms with van der Waals surface area (Å²) in [6, 6.07) is 85.3. The third kappa shape index (κ3) is 7.02. The highest BCUT2D eigenvalue weighted by molar-refractivity contribution is 6.17. The van der Waals surface area contributed by atoms with Crippen molar-refractivity contribution in [3.8, 4) is 84.4 Å². The third-order valence-electron chi connectivity index (χ3n) is 13.0. The number of aromatic nitrogens is 4.